The van der Waals surface area contributed by atoms with Crippen LogP contribution >= 0.6 is 0 Å². The molecule has 0 radical (unpaired) electrons. The fraction of sp³-hybridized carbons (Fsp3) is 0.571. The summed E-state index contributed by atoms with van der Waals surface area (Å²) in [7, 11) is 0. The molecular weight excluding hydrogens is 284 g/mol. The Balaban J connectivity index is 1.47. The van der Waals surface area contributed by atoms with Gasteiger partial charge in [-0.1, -0.05) is 0 Å². The Morgan fingerprint density at radius 2 is 2.32 bits per heavy atom. The van der Waals surface area contributed by atoms with Crippen LogP contribution in [0.15, 0.2) is 18.3 Å². The van der Waals surface area contributed by atoms with E-state index in [1.165, 1.54) is 4.90 Å². The molecule has 3 amide bonds. The van der Waals surface area contributed by atoms with Gasteiger partial charge in [-0.25, -0.2) is 4.79 Å². The summed E-state index contributed by atoms with van der Waals surface area (Å²) in [4.78, 5) is 26.4. The van der Waals surface area contributed by atoms with Gasteiger partial charge in [-0.15, -0.1) is 5.10 Å². The van der Waals surface area contributed by atoms with Crippen molar-refractivity contribution in [2.75, 3.05) is 37.6 Å². The summed E-state index contributed by atoms with van der Waals surface area (Å²) in [5.41, 5.74) is 0. The predicted molar refractivity (Wildman–Crippen MR) is 80.4 cm³/mol. The second-order valence-corrected chi connectivity index (χ2v) is 5.53. The Morgan fingerprint density at radius 1 is 1.41 bits per heavy atom. The van der Waals surface area contributed by atoms with E-state index in [1.54, 1.807) is 6.20 Å². The number of imide groups is 1. The third-order valence-corrected chi connectivity index (χ3v) is 4.01. The first kappa shape index (κ1) is 14.7. The van der Waals surface area contributed by atoms with Crippen molar-refractivity contribution in [1.82, 2.24) is 25.7 Å². The van der Waals surface area contributed by atoms with E-state index in [2.05, 4.69) is 25.7 Å². The SMILES string of the molecule is O=C1CNC(=O)N1CCN[C@@H]1CCCN(c2cccnn2)C1. The topological polar surface area (TPSA) is 90.5 Å². The number of hydrogen-bond acceptors (Lipinski definition) is 6. The van der Waals surface area contributed by atoms with Crippen molar-refractivity contribution in [2.45, 2.75) is 18.9 Å². The molecule has 2 N–H and O–H groups in total. The lowest BCUT2D eigenvalue weighted by Crippen LogP contribution is -2.48. The predicted octanol–water partition coefficient (Wildman–Crippen LogP) is -0.413. The monoisotopic (exact) mass is 304 g/mol. The lowest BCUT2D eigenvalue weighted by molar-refractivity contribution is -0.124. The molecular formula is C14H20N6O2. The molecule has 1 aromatic heterocycles. The van der Waals surface area contributed by atoms with E-state index in [1.807, 2.05) is 12.1 Å². The van der Waals surface area contributed by atoms with Gasteiger partial charge in [0, 0.05) is 38.4 Å². The van der Waals surface area contributed by atoms with Crippen molar-refractivity contribution in [3.63, 3.8) is 0 Å². The van der Waals surface area contributed by atoms with Gasteiger partial charge in [0.2, 0.25) is 5.91 Å². The number of carbonyl (C=O) groups excluding carboxylic acids is 2. The van der Waals surface area contributed by atoms with Gasteiger partial charge in [0.1, 0.15) is 0 Å². The molecule has 0 aromatic carbocycles. The number of nitrogens with zero attached hydrogens (tertiary/aromatic N) is 4. The average Bonchev–Trinajstić information content (AvgIpc) is 2.88. The lowest BCUT2D eigenvalue weighted by Gasteiger charge is -2.34. The summed E-state index contributed by atoms with van der Waals surface area (Å²) in [6.07, 6.45) is 3.83. The van der Waals surface area contributed by atoms with Crippen molar-refractivity contribution in [3.8, 4) is 0 Å². The molecule has 0 saturated carbocycles. The number of urea groups is 1. The van der Waals surface area contributed by atoms with Crippen LogP contribution in [-0.4, -0.2) is 65.8 Å². The average molecular weight is 304 g/mol. The smallest absolute Gasteiger partial charge is 0.324 e. The summed E-state index contributed by atoms with van der Waals surface area (Å²) < 4.78 is 0. The molecule has 1 aromatic rings. The lowest BCUT2D eigenvalue weighted by atomic mass is 10.1. The molecule has 3 heterocycles. The second-order valence-electron chi connectivity index (χ2n) is 5.53. The third-order valence-electron chi connectivity index (χ3n) is 4.01. The highest BCUT2D eigenvalue weighted by Crippen LogP contribution is 2.16. The maximum Gasteiger partial charge on any atom is 0.324 e. The number of nitrogens with one attached hydrogen (secondary N) is 2. The van der Waals surface area contributed by atoms with Gasteiger partial charge < -0.3 is 15.5 Å². The van der Waals surface area contributed by atoms with Crippen LogP contribution in [0.25, 0.3) is 0 Å². The number of hydrogen-bond donors (Lipinski definition) is 2. The highest BCUT2D eigenvalue weighted by Gasteiger charge is 2.28. The first-order valence-corrected chi connectivity index (χ1v) is 7.58. The number of piperidine rings is 1. The standard InChI is InChI=1S/C14H20N6O2/c21-13-9-16-14(22)20(13)8-6-15-11-3-2-7-19(10-11)12-4-1-5-17-18-12/h1,4-5,11,15H,2-3,6-10H2,(H,16,22)/t11-/m1/s1. The zero-order chi connectivity index (χ0) is 15.4. The number of anilines is 1. The van der Waals surface area contributed by atoms with Crippen LogP contribution in [-0.2, 0) is 4.79 Å². The minimum absolute atomic E-state index is 0.114. The molecule has 1 atom stereocenters. The van der Waals surface area contributed by atoms with Gasteiger partial charge in [0.05, 0.1) is 6.54 Å². The largest absolute Gasteiger partial charge is 0.354 e. The number of amides is 3. The van der Waals surface area contributed by atoms with Crippen molar-refractivity contribution >= 4 is 17.8 Å². The molecule has 8 heteroatoms. The van der Waals surface area contributed by atoms with Crippen molar-refractivity contribution in [3.05, 3.63) is 18.3 Å². The molecule has 3 rings (SSSR count). The zero-order valence-corrected chi connectivity index (χ0v) is 12.4. The summed E-state index contributed by atoms with van der Waals surface area (Å²) >= 11 is 0. The Labute approximate surface area is 128 Å². The Kier molecular flexibility index (Phi) is 4.47. The van der Waals surface area contributed by atoms with Gasteiger partial charge in [0.25, 0.3) is 0 Å². The highest BCUT2D eigenvalue weighted by molar-refractivity contribution is 6.01. The zero-order valence-electron chi connectivity index (χ0n) is 12.4. The van der Waals surface area contributed by atoms with Crippen molar-refractivity contribution in [1.29, 1.82) is 0 Å². The van der Waals surface area contributed by atoms with E-state index in [0.717, 1.165) is 31.7 Å². The maximum atomic E-state index is 11.5. The number of carbonyl (C=O) groups is 2. The van der Waals surface area contributed by atoms with E-state index in [9.17, 15) is 9.59 Å². The van der Waals surface area contributed by atoms with Crippen LogP contribution in [0, 0.1) is 0 Å². The number of rotatable bonds is 5. The molecule has 22 heavy (non-hydrogen) atoms. The summed E-state index contributed by atoms with van der Waals surface area (Å²) in [6.45, 7) is 2.97. The molecule has 2 aliphatic rings. The van der Waals surface area contributed by atoms with Crippen LogP contribution in [0.4, 0.5) is 10.6 Å². The van der Waals surface area contributed by atoms with E-state index >= 15 is 0 Å². The van der Waals surface area contributed by atoms with Gasteiger partial charge >= 0.3 is 6.03 Å². The first-order valence-electron chi connectivity index (χ1n) is 7.58. The fourth-order valence-corrected chi connectivity index (χ4v) is 2.88. The van der Waals surface area contributed by atoms with Crippen LogP contribution in [0.2, 0.25) is 0 Å². The minimum Gasteiger partial charge on any atom is -0.354 e. The molecule has 0 bridgehead atoms. The third kappa shape index (κ3) is 3.33. The van der Waals surface area contributed by atoms with E-state index in [-0.39, 0.29) is 18.5 Å². The van der Waals surface area contributed by atoms with E-state index < -0.39 is 0 Å². The van der Waals surface area contributed by atoms with Crippen LogP contribution in [0.3, 0.4) is 0 Å². The molecule has 0 aliphatic carbocycles. The summed E-state index contributed by atoms with van der Waals surface area (Å²) in [6, 6.07) is 3.88. The second kappa shape index (κ2) is 6.69. The fourth-order valence-electron chi connectivity index (χ4n) is 2.88. The Hall–Kier alpha value is -2.22. The number of aromatic nitrogens is 2. The Morgan fingerprint density at radius 3 is 3.05 bits per heavy atom. The van der Waals surface area contributed by atoms with Gasteiger partial charge in [-0.2, -0.15) is 5.10 Å². The van der Waals surface area contributed by atoms with Crippen LogP contribution in [0.5, 0.6) is 0 Å². The van der Waals surface area contributed by atoms with Gasteiger partial charge in [0.15, 0.2) is 5.82 Å². The molecule has 2 saturated heterocycles. The van der Waals surface area contributed by atoms with E-state index in [4.69, 9.17) is 0 Å². The Bertz CT molecular complexity index is 521. The summed E-state index contributed by atoms with van der Waals surface area (Å²) in [5.74, 6) is 0.736. The highest BCUT2D eigenvalue weighted by atomic mass is 16.2. The van der Waals surface area contributed by atoms with Gasteiger partial charge in [-0.3, -0.25) is 9.69 Å². The maximum absolute atomic E-state index is 11.5. The van der Waals surface area contributed by atoms with Crippen LogP contribution in [0.1, 0.15) is 12.8 Å². The quantitative estimate of drug-likeness (QED) is 0.719. The molecule has 118 valence electrons. The van der Waals surface area contributed by atoms with Crippen molar-refractivity contribution in [2.24, 2.45) is 0 Å². The van der Waals surface area contributed by atoms with Gasteiger partial charge in [-0.05, 0) is 25.0 Å². The normalized spacial score (nSPS) is 22.1. The van der Waals surface area contributed by atoms with E-state index in [0.29, 0.717) is 19.1 Å². The molecule has 2 aliphatic heterocycles. The minimum atomic E-state index is -0.295. The summed E-state index contributed by atoms with van der Waals surface area (Å²) in [5, 5.41) is 14.0. The first-order chi connectivity index (χ1) is 10.7. The molecule has 0 spiro atoms. The molecule has 2 fully saturated rings. The molecule has 0 unspecified atom stereocenters. The molecule has 8 nitrogen and oxygen atoms in total. The van der Waals surface area contributed by atoms with Crippen LogP contribution < -0.4 is 15.5 Å². The van der Waals surface area contributed by atoms with Crippen molar-refractivity contribution < 1.29 is 9.59 Å².